The first-order valence-electron chi connectivity index (χ1n) is 5.26. The smallest absolute Gasteiger partial charge is 0.407 e. The van der Waals surface area contributed by atoms with E-state index in [1.807, 2.05) is 37.3 Å². The number of carbonyl (C=O) groups excluding carboxylic acids is 1. The molecule has 4 heteroatoms. The van der Waals surface area contributed by atoms with Gasteiger partial charge in [-0.1, -0.05) is 30.3 Å². The molecule has 1 amide bonds. The molecule has 0 radical (unpaired) electrons. The van der Waals surface area contributed by atoms with Gasteiger partial charge in [0.25, 0.3) is 0 Å². The molecule has 1 aromatic rings. The average molecular weight is 221 g/mol. The minimum absolute atomic E-state index is 0.175. The predicted molar refractivity (Wildman–Crippen MR) is 59.0 cm³/mol. The van der Waals surface area contributed by atoms with Crippen LogP contribution in [0, 0.1) is 0 Å². The first kappa shape index (κ1) is 11.0. The van der Waals surface area contributed by atoms with Crippen LogP contribution in [0.1, 0.15) is 12.5 Å². The van der Waals surface area contributed by atoms with E-state index < -0.39 is 6.09 Å². The van der Waals surface area contributed by atoms with Gasteiger partial charge in [-0.2, -0.15) is 0 Å². The standard InChI is InChI=1S/C12H15NO3/c1-12(9-16-12)8-13-11(14)15-7-10-5-3-2-4-6-10/h2-6H,7-9H2,1H3,(H,13,14). The largest absolute Gasteiger partial charge is 0.445 e. The van der Waals surface area contributed by atoms with Crippen molar-refractivity contribution in [3.8, 4) is 0 Å². The molecule has 2 rings (SSSR count). The van der Waals surface area contributed by atoms with Crippen LogP contribution < -0.4 is 5.32 Å². The molecule has 0 aliphatic carbocycles. The zero-order valence-electron chi connectivity index (χ0n) is 9.23. The Hall–Kier alpha value is -1.55. The van der Waals surface area contributed by atoms with Crippen LogP contribution >= 0.6 is 0 Å². The molecule has 1 aliphatic rings. The topological polar surface area (TPSA) is 50.9 Å². The van der Waals surface area contributed by atoms with Crippen molar-refractivity contribution in [3.05, 3.63) is 35.9 Å². The van der Waals surface area contributed by atoms with Crippen molar-refractivity contribution in [2.45, 2.75) is 19.1 Å². The number of ether oxygens (including phenoxy) is 2. The van der Waals surface area contributed by atoms with Crippen molar-refractivity contribution in [1.29, 1.82) is 0 Å². The molecule has 1 aliphatic heterocycles. The second-order valence-electron chi connectivity index (χ2n) is 4.15. The van der Waals surface area contributed by atoms with E-state index in [1.165, 1.54) is 0 Å². The third kappa shape index (κ3) is 3.24. The van der Waals surface area contributed by atoms with E-state index in [0.717, 1.165) is 5.56 Å². The summed E-state index contributed by atoms with van der Waals surface area (Å²) in [7, 11) is 0. The molecule has 86 valence electrons. The highest BCUT2D eigenvalue weighted by molar-refractivity contribution is 5.67. The van der Waals surface area contributed by atoms with Crippen LogP contribution in [0.15, 0.2) is 30.3 Å². The molecule has 1 unspecified atom stereocenters. The molecular weight excluding hydrogens is 206 g/mol. The fourth-order valence-corrected chi connectivity index (χ4v) is 1.26. The first-order chi connectivity index (χ1) is 7.68. The minimum atomic E-state index is -0.402. The number of hydrogen-bond donors (Lipinski definition) is 1. The molecule has 4 nitrogen and oxygen atoms in total. The Morgan fingerprint density at radius 3 is 2.81 bits per heavy atom. The van der Waals surface area contributed by atoms with Crippen molar-refractivity contribution in [2.24, 2.45) is 0 Å². The van der Waals surface area contributed by atoms with Gasteiger partial charge in [0.15, 0.2) is 0 Å². The number of carbonyl (C=O) groups is 1. The third-order valence-electron chi connectivity index (χ3n) is 2.46. The number of alkyl carbamates (subject to hydrolysis) is 1. The Kier molecular flexibility index (Phi) is 3.10. The van der Waals surface area contributed by atoms with Crippen molar-refractivity contribution in [2.75, 3.05) is 13.2 Å². The van der Waals surface area contributed by atoms with Gasteiger partial charge < -0.3 is 14.8 Å². The van der Waals surface area contributed by atoms with Crippen molar-refractivity contribution in [1.82, 2.24) is 5.32 Å². The maximum absolute atomic E-state index is 11.3. The monoisotopic (exact) mass is 221 g/mol. The molecule has 1 fully saturated rings. The lowest BCUT2D eigenvalue weighted by atomic mass is 10.2. The third-order valence-corrected chi connectivity index (χ3v) is 2.46. The van der Waals surface area contributed by atoms with Gasteiger partial charge in [-0.05, 0) is 12.5 Å². The maximum atomic E-state index is 11.3. The van der Waals surface area contributed by atoms with Gasteiger partial charge in [0.05, 0.1) is 13.2 Å². The number of nitrogens with one attached hydrogen (secondary N) is 1. The number of rotatable bonds is 4. The summed E-state index contributed by atoms with van der Waals surface area (Å²) in [6.07, 6.45) is -0.402. The highest BCUT2D eigenvalue weighted by Gasteiger charge is 2.39. The van der Waals surface area contributed by atoms with E-state index in [9.17, 15) is 4.79 Å². The quantitative estimate of drug-likeness (QED) is 0.787. The summed E-state index contributed by atoms with van der Waals surface area (Å²) < 4.78 is 10.2. The summed E-state index contributed by atoms with van der Waals surface area (Å²) in [5.41, 5.74) is 0.803. The number of hydrogen-bond acceptors (Lipinski definition) is 3. The molecule has 0 spiro atoms. The number of benzene rings is 1. The van der Waals surface area contributed by atoms with Crippen molar-refractivity contribution >= 4 is 6.09 Å². The summed E-state index contributed by atoms with van der Waals surface area (Å²) in [6.45, 7) is 3.45. The molecule has 16 heavy (non-hydrogen) atoms. The summed E-state index contributed by atoms with van der Waals surface area (Å²) in [5, 5.41) is 2.67. The van der Waals surface area contributed by atoms with Gasteiger partial charge in [0, 0.05) is 0 Å². The van der Waals surface area contributed by atoms with Crippen LogP contribution in [-0.4, -0.2) is 24.8 Å². The molecule has 1 atom stereocenters. The Bertz CT molecular complexity index is 360. The van der Waals surface area contributed by atoms with E-state index in [1.54, 1.807) is 0 Å². The molecule has 0 saturated carbocycles. The van der Waals surface area contributed by atoms with Crippen molar-refractivity contribution in [3.63, 3.8) is 0 Å². The molecule has 1 saturated heterocycles. The van der Waals surface area contributed by atoms with E-state index in [-0.39, 0.29) is 5.60 Å². The Morgan fingerprint density at radius 1 is 1.50 bits per heavy atom. The Balaban J connectivity index is 1.68. The van der Waals surface area contributed by atoms with E-state index >= 15 is 0 Å². The van der Waals surface area contributed by atoms with E-state index in [2.05, 4.69) is 5.32 Å². The van der Waals surface area contributed by atoms with E-state index in [0.29, 0.717) is 19.8 Å². The molecule has 1 heterocycles. The van der Waals surface area contributed by atoms with Crippen LogP contribution in [0.25, 0.3) is 0 Å². The second kappa shape index (κ2) is 4.53. The van der Waals surface area contributed by atoms with Crippen molar-refractivity contribution < 1.29 is 14.3 Å². The molecule has 0 bridgehead atoms. The van der Waals surface area contributed by atoms with Gasteiger partial charge in [-0.3, -0.25) is 0 Å². The SMILES string of the molecule is CC1(CNC(=O)OCc2ccccc2)CO1. The fraction of sp³-hybridized carbons (Fsp3) is 0.417. The minimum Gasteiger partial charge on any atom is -0.445 e. The first-order valence-corrected chi connectivity index (χ1v) is 5.26. The molecule has 1 aromatic carbocycles. The highest BCUT2D eigenvalue weighted by Crippen LogP contribution is 2.24. The lowest BCUT2D eigenvalue weighted by molar-refractivity contribution is 0.136. The lowest BCUT2D eigenvalue weighted by Crippen LogP contribution is -2.32. The number of amides is 1. The van der Waals surface area contributed by atoms with Gasteiger partial charge in [-0.25, -0.2) is 4.79 Å². The lowest BCUT2D eigenvalue weighted by Gasteiger charge is -2.08. The van der Waals surface area contributed by atoms with Crippen LogP contribution in [0.5, 0.6) is 0 Å². The normalized spacial score (nSPS) is 22.6. The van der Waals surface area contributed by atoms with Crippen LogP contribution in [0.2, 0.25) is 0 Å². The Morgan fingerprint density at radius 2 is 2.19 bits per heavy atom. The highest BCUT2D eigenvalue weighted by atomic mass is 16.6. The second-order valence-corrected chi connectivity index (χ2v) is 4.15. The van der Waals surface area contributed by atoms with Gasteiger partial charge in [0.2, 0.25) is 0 Å². The van der Waals surface area contributed by atoms with Gasteiger partial charge in [-0.15, -0.1) is 0 Å². The molecule has 1 N–H and O–H groups in total. The molecular formula is C12H15NO3. The maximum Gasteiger partial charge on any atom is 0.407 e. The van der Waals surface area contributed by atoms with E-state index in [4.69, 9.17) is 9.47 Å². The molecule has 0 aromatic heterocycles. The zero-order chi connectivity index (χ0) is 11.4. The predicted octanol–water partition coefficient (Wildman–Crippen LogP) is 1.70. The van der Waals surface area contributed by atoms with Crippen LogP contribution in [0.3, 0.4) is 0 Å². The average Bonchev–Trinajstić information content (AvgIpc) is 3.04. The van der Waals surface area contributed by atoms with Crippen LogP contribution in [0.4, 0.5) is 4.79 Å². The number of epoxide rings is 1. The van der Waals surface area contributed by atoms with Gasteiger partial charge in [0.1, 0.15) is 12.2 Å². The summed E-state index contributed by atoms with van der Waals surface area (Å²) in [5.74, 6) is 0. The summed E-state index contributed by atoms with van der Waals surface area (Å²) in [4.78, 5) is 11.3. The van der Waals surface area contributed by atoms with Crippen LogP contribution in [-0.2, 0) is 16.1 Å². The fourth-order valence-electron chi connectivity index (χ4n) is 1.26. The summed E-state index contributed by atoms with van der Waals surface area (Å²) >= 11 is 0. The summed E-state index contributed by atoms with van der Waals surface area (Å²) in [6, 6.07) is 9.58. The zero-order valence-corrected chi connectivity index (χ0v) is 9.23. The Labute approximate surface area is 94.6 Å². The van der Waals surface area contributed by atoms with Gasteiger partial charge >= 0.3 is 6.09 Å².